The third-order valence-electron chi connectivity index (χ3n) is 4.12. The van der Waals surface area contributed by atoms with Crippen molar-refractivity contribution in [3.05, 3.63) is 48.5 Å². The number of benzene rings is 2. The van der Waals surface area contributed by atoms with Crippen LogP contribution in [0.5, 0.6) is 11.5 Å². The molecule has 0 saturated carbocycles. The second-order valence-corrected chi connectivity index (χ2v) is 8.64. The Morgan fingerprint density at radius 2 is 1.59 bits per heavy atom. The number of sulfonamides is 1. The van der Waals surface area contributed by atoms with Crippen molar-refractivity contribution in [2.45, 2.75) is 38.1 Å². The van der Waals surface area contributed by atoms with Crippen LogP contribution in [0.15, 0.2) is 53.4 Å². The maximum Gasteiger partial charge on any atom is 0.242 e. The predicted molar refractivity (Wildman–Crippen MR) is 113 cm³/mol. The summed E-state index contributed by atoms with van der Waals surface area (Å²) in [5.74, 6) is 0.949. The van der Waals surface area contributed by atoms with Crippen molar-refractivity contribution in [3.8, 4) is 11.5 Å². The molecule has 8 heteroatoms. The average molecular weight is 421 g/mol. The van der Waals surface area contributed by atoms with E-state index >= 15 is 0 Å². The molecule has 0 aliphatic rings. The number of methoxy groups -OCH3 is 1. The lowest BCUT2D eigenvalue weighted by atomic mass is 10.0. The van der Waals surface area contributed by atoms with E-state index in [-0.39, 0.29) is 10.8 Å². The Balaban J connectivity index is 2.15. The van der Waals surface area contributed by atoms with E-state index in [1.54, 1.807) is 36.4 Å². The molecule has 0 fully saturated rings. The van der Waals surface area contributed by atoms with Gasteiger partial charge in [-0.15, -0.1) is 0 Å². The van der Waals surface area contributed by atoms with Crippen LogP contribution in [0, 0.1) is 5.92 Å². The van der Waals surface area contributed by atoms with Crippen LogP contribution in [0.1, 0.15) is 27.2 Å². The van der Waals surface area contributed by atoms with Crippen LogP contribution in [0.2, 0.25) is 0 Å². The first-order valence-electron chi connectivity index (χ1n) is 9.45. The molecule has 0 aliphatic carbocycles. The molecule has 2 rings (SSSR count). The fraction of sp³-hybridized carbons (Fsp3) is 0.381. The Hall–Kier alpha value is -2.58. The minimum Gasteiger partial charge on any atom is -0.497 e. The first-order valence-corrected chi connectivity index (χ1v) is 10.9. The van der Waals surface area contributed by atoms with Gasteiger partial charge in [0.25, 0.3) is 0 Å². The number of hydrogen-bond donors (Lipinski definition) is 2. The minimum absolute atomic E-state index is 0.0703. The maximum absolute atomic E-state index is 12.8. The summed E-state index contributed by atoms with van der Waals surface area (Å²) < 4.78 is 38.5. The molecule has 2 N–H and O–H groups in total. The lowest BCUT2D eigenvalue weighted by Gasteiger charge is -2.20. The molecule has 0 aromatic heterocycles. The number of carbonyl (C=O) groups is 1. The van der Waals surface area contributed by atoms with Crippen molar-refractivity contribution >= 4 is 21.6 Å². The zero-order chi connectivity index (χ0) is 21.4. The molecule has 1 amide bonds. The molecule has 0 saturated heterocycles. The smallest absolute Gasteiger partial charge is 0.242 e. The summed E-state index contributed by atoms with van der Waals surface area (Å²) >= 11 is 0. The van der Waals surface area contributed by atoms with Gasteiger partial charge in [-0.05, 0) is 67.8 Å². The third kappa shape index (κ3) is 6.76. The summed E-state index contributed by atoms with van der Waals surface area (Å²) in [6.07, 6.45) is 0.359. The number of rotatable bonds is 10. The van der Waals surface area contributed by atoms with Crippen molar-refractivity contribution in [1.29, 1.82) is 0 Å². The van der Waals surface area contributed by atoms with Gasteiger partial charge in [0.15, 0.2) is 0 Å². The number of carbonyl (C=O) groups excluding carboxylic acids is 1. The highest BCUT2D eigenvalue weighted by Crippen LogP contribution is 2.19. The van der Waals surface area contributed by atoms with Crippen LogP contribution in [0.3, 0.4) is 0 Å². The summed E-state index contributed by atoms with van der Waals surface area (Å²) in [5.41, 5.74) is 0.566. The first kappa shape index (κ1) is 22.7. The van der Waals surface area contributed by atoms with E-state index in [0.29, 0.717) is 30.2 Å². The predicted octanol–water partition coefficient (Wildman–Crippen LogP) is 3.43. The molecule has 2 aromatic rings. The summed E-state index contributed by atoms with van der Waals surface area (Å²) in [6.45, 7) is 6.30. The second kappa shape index (κ2) is 10.3. The summed E-state index contributed by atoms with van der Waals surface area (Å²) in [4.78, 5) is 12.8. The zero-order valence-corrected chi connectivity index (χ0v) is 18.0. The van der Waals surface area contributed by atoms with Crippen LogP contribution in [0.25, 0.3) is 0 Å². The number of nitrogens with one attached hydrogen (secondary N) is 2. The monoisotopic (exact) mass is 420 g/mol. The number of amides is 1. The van der Waals surface area contributed by atoms with Gasteiger partial charge in [0.05, 0.1) is 18.6 Å². The molecule has 158 valence electrons. The Labute approximate surface area is 172 Å². The zero-order valence-electron chi connectivity index (χ0n) is 17.1. The highest BCUT2D eigenvalue weighted by Gasteiger charge is 2.26. The van der Waals surface area contributed by atoms with Crippen molar-refractivity contribution in [3.63, 3.8) is 0 Å². The number of hydrogen-bond acceptors (Lipinski definition) is 5. The topological polar surface area (TPSA) is 93.7 Å². The van der Waals surface area contributed by atoms with Crippen molar-refractivity contribution in [2.75, 3.05) is 19.0 Å². The molecule has 0 spiro atoms. The quantitative estimate of drug-likeness (QED) is 0.614. The molecule has 29 heavy (non-hydrogen) atoms. The average Bonchev–Trinajstić information content (AvgIpc) is 2.68. The van der Waals surface area contributed by atoms with Crippen molar-refractivity contribution in [1.82, 2.24) is 4.72 Å². The fourth-order valence-electron chi connectivity index (χ4n) is 2.72. The SMILES string of the molecule is CCOc1ccc(NC(=O)[C@@H](CC(C)C)NS(=O)(=O)c2ccc(OC)cc2)cc1. The molecule has 0 heterocycles. The van der Waals surface area contributed by atoms with Gasteiger partial charge >= 0.3 is 0 Å². The molecule has 0 unspecified atom stereocenters. The standard InChI is InChI=1S/C21H28N2O5S/c1-5-28-18-8-6-16(7-9-18)22-21(24)20(14-15(2)3)23-29(25,26)19-12-10-17(27-4)11-13-19/h6-13,15,20,23H,5,14H2,1-4H3,(H,22,24)/t20-/m1/s1. The van der Waals surface area contributed by atoms with Gasteiger partial charge in [0.2, 0.25) is 15.9 Å². The molecule has 2 aromatic carbocycles. The lowest BCUT2D eigenvalue weighted by molar-refractivity contribution is -0.118. The van der Waals surface area contributed by atoms with E-state index in [0.717, 1.165) is 0 Å². The van der Waals surface area contributed by atoms with Crippen LogP contribution < -0.4 is 19.5 Å². The van der Waals surface area contributed by atoms with Gasteiger partial charge in [-0.25, -0.2) is 8.42 Å². The van der Waals surface area contributed by atoms with Gasteiger partial charge in [0, 0.05) is 5.69 Å². The number of anilines is 1. The van der Waals surface area contributed by atoms with Gasteiger partial charge in [-0.3, -0.25) is 4.79 Å². The molecule has 0 aliphatic heterocycles. The molecule has 0 radical (unpaired) electrons. The fourth-order valence-corrected chi connectivity index (χ4v) is 3.93. The minimum atomic E-state index is -3.87. The molecular formula is C21H28N2O5S. The second-order valence-electron chi connectivity index (χ2n) is 6.93. The van der Waals surface area contributed by atoms with Crippen LogP contribution in [-0.2, 0) is 14.8 Å². The maximum atomic E-state index is 12.8. The highest BCUT2D eigenvalue weighted by molar-refractivity contribution is 7.89. The van der Waals surface area contributed by atoms with Crippen LogP contribution >= 0.6 is 0 Å². The van der Waals surface area contributed by atoms with Gasteiger partial charge in [-0.1, -0.05) is 13.8 Å². The summed E-state index contributed by atoms with van der Waals surface area (Å²) in [5, 5.41) is 2.77. The van der Waals surface area contributed by atoms with E-state index in [2.05, 4.69) is 10.0 Å². The normalized spacial score (nSPS) is 12.4. The van der Waals surface area contributed by atoms with E-state index in [4.69, 9.17) is 9.47 Å². The Bertz CT molecular complexity index is 894. The van der Waals surface area contributed by atoms with Gasteiger partial charge in [0.1, 0.15) is 17.5 Å². The Kier molecular flexibility index (Phi) is 8.04. The van der Waals surface area contributed by atoms with E-state index in [1.165, 1.54) is 19.2 Å². The van der Waals surface area contributed by atoms with Crippen molar-refractivity contribution < 1.29 is 22.7 Å². The molecule has 7 nitrogen and oxygen atoms in total. The Morgan fingerprint density at radius 1 is 1.00 bits per heavy atom. The van der Waals surface area contributed by atoms with Crippen molar-refractivity contribution in [2.24, 2.45) is 5.92 Å². The first-order chi connectivity index (χ1) is 13.7. The largest absolute Gasteiger partial charge is 0.497 e. The summed E-state index contributed by atoms with van der Waals surface area (Å²) in [7, 11) is -2.36. The lowest BCUT2D eigenvalue weighted by Crippen LogP contribution is -2.44. The van der Waals surface area contributed by atoms with E-state index in [9.17, 15) is 13.2 Å². The molecule has 1 atom stereocenters. The van der Waals surface area contributed by atoms with Crippen LogP contribution in [0.4, 0.5) is 5.69 Å². The van der Waals surface area contributed by atoms with Crippen LogP contribution in [-0.4, -0.2) is 34.1 Å². The van der Waals surface area contributed by atoms with Gasteiger partial charge in [-0.2, -0.15) is 4.72 Å². The Morgan fingerprint density at radius 3 is 2.10 bits per heavy atom. The third-order valence-corrected chi connectivity index (χ3v) is 5.61. The highest BCUT2D eigenvalue weighted by atomic mass is 32.2. The van der Waals surface area contributed by atoms with Gasteiger partial charge < -0.3 is 14.8 Å². The number of ether oxygens (including phenoxy) is 2. The van der Waals surface area contributed by atoms with E-state index in [1.807, 2.05) is 20.8 Å². The molecular weight excluding hydrogens is 392 g/mol. The van der Waals surface area contributed by atoms with E-state index < -0.39 is 22.0 Å². The molecule has 0 bridgehead atoms. The summed E-state index contributed by atoms with van der Waals surface area (Å²) in [6, 6.07) is 12.0.